The highest BCUT2D eigenvalue weighted by molar-refractivity contribution is 7.08. The number of para-hydroxylation sites is 1. The lowest BCUT2D eigenvalue weighted by Crippen LogP contribution is -2.09. The van der Waals surface area contributed by atoms with E-state index in [1.807, 2.05) is 71.4 Å². The van der Waals surface area contributed by atoms with Crippen LogP contribution in [0.2, 0.25) is 0 Å². The lowest BCUT2D eigenvalue weighted by Gasteiger charge is -2.06. The number of rotatable bonds is 3. The van der Waals surface area contributed by atoms with E-state index in [0.717, 1.165) is 16.6 Å². The van der Waals surface area contributed by atoms with E-state index in [9.17, 15) is 4.79 Å². The van der Waals surface area contributed by atoms with Gasteiger partial charge in [-0.2, -0.15) is 16.4 Å². The van der Waals surface area contributed by atoms with Crippen molar-refractivity contribution in [1.82, 2.24) is 9.78 Å². The Hall–Kier alpha value is -2.72. The maximum atomic E-state index is 12.9. The van der Waals surface area contributed by atoms with Crippen molar-refractivity contribution in [3.8, 4) is 5.69 Å². The second-order valence-corrected chi connectivity index (χ2v) is 5.73. The molecule has 2 aromatic carbocycles. The van der Waals surface area contributed by atoms with E-state index in [1.54, 1.807) is 4.68 Å². The Morgan fingerprint density at radius 1 is 0.955 bits per heavy atom. The van der Waals surface area contributed by atoms with Crippen LogP contribution in [0.5, 0.6) is 0 Å². The van der Waals surface area contributed by atoms with Crippen LogP contribution in [0.25, 0.3) is 16.6 Å². The predicted molar refractivity (Wildman–Crippen MR) is 88.8 cm³/mol. The molecule has 0 aliphatic heterocycles. The summed E-state index contributed by atoms with van der Waals surface area (Å²) in [6.45, 7) is 0. The molecule has 0 radical (unpaired) electrons. The van der Waals surface area contributed by atoms with Crippen LogP contribution in [0.3, 0.4) is 0 Å². The van der Waals surface area contributed by atoms with Crippen molar-refractivity contribution in [3.05, 3.63) is 82.7 Å². The first kappa shape index (κ1) is 13.0. The SMILES string of the molecule is O=C(c1ccsc1)c1c2ccccc2nn1-c1ccccc1. The Morgan fingerprint density at radius 2 is 1.73 bits per heavy atom. The van der Waals surface area contributed by atoms with Gasteiger partial charge in [-0.15, -0.1) is 0 Å². The third-order valence-electron chi connectivity index (χ3n) is 3.58. The van der Waals surface area contributed by atoms with E-state index >= 15 is 0 Å². The average Bonchev–Trinajstić information content (AvgIpc) is 3.23. The van der Waals surface area contributed by atoms with Gasteiger partial charge in [0.1, 0.15) is 5.69 Å². The predicted octanol–water partition coefficient (Wildman–Crippen LogP) is 4.32. The zero-order valence-corrected chi connectivity index (χ0v) is 12.5. The number of thiophene rings is 1. The van der Waals surface area contributed by atoms with Gasteiger partial charge in [0, 0.05) is 16.3 Å². The number of nitrogens with zero attached hydrogens (tertiary/aromatic N) is 2. The normalized spacial score (nSPS) is 10.9. The molecule has 22 heavy (non-hydrogen) atoms. The maximum absolute atomic E-state index is 12.9. The molecule has 0 unspecified atom stereocenters. The van der Waals surface area contributed by atoms with Crippen LogP contribution in [0.15, 0.2) is 71.4 Å². The highest BCUT2D eigenvalue weighted by Crippen LogP contribution is 2.25. The summed E-state index contributed by atoms with van der Waals surface area (Å²) in [7, 11) is 0. The summed E-state index contributed by atoms with van der Waals surface area (Å²) in [4.78, 5) is 12.9. The van der Waals surface area contributed by atoms with Crippen molar-refractivity contribution in [1.29, 1.82) is 0 Å². The molecule has 2 heterocycles. The number of aromatic nitrogens is 2. The highest BCUT2D eigenvalue weighted by atomic mass is 32.1. The summed E-state index contributed by atoms with van der Waals surface area (Å²) < 4.78 is 1.74. The number of fused-ring (bicyclic) bond motifs is 1. The fourth-order valence-corrected chi connectivity index (χ4v) is 3.17. The minimum absolute atomic E-state index is 0.00111. The summed E-state index contributed by atoms with van der Waals surface area (Å²) in [6.07, 6.45) is 0. The van der Waals surface area contributed by atoms with Crippen LogP contribution in [-0.2, 0) is 0 Å². The molecule has 4 rings (SSSR count). The molecule has 0 atom stereocenters. The van der Waals surface area contributed by atoms with Crippen LogP contribution >= 0.6 is 11.3 Å². The van der Waals surface area contributed by atoms with Gasteiger partial charge in [0.25, 0.3) is 0 Å². The fraction of sp³-hybridized carbons (Fsp3) is 0. The van der Waals surface area contributed by atoms with Crippen LogP contribution in [0.4, 0.5) is 0 Å². The molecule has 2 aromatic heterocycles. The summed E-state index contributed by atoms with van der Waals surface area (Å²) >= 11 is 1.52. The van der Waals surface area contributed by atoms with Crippen LogP contribution in [-0.4, -0.2) is 15.6 Å². The van der Waals surface area contributed by atoms with E-state index in [1.165, 1.54) is 11.3 Å². The van der Waals surface area contributed by atoms with Crippen molar-refractivity contribution in [2.45, 2.75) is 0 Å². The van der Waals surface area contributed by atoms with Crippen LogP contribution in [0, 0.1) is 0 Å². The second-order valence-electron chi connectivity index (χ2n) is 4.95. The molecule has 0 bridgehead atoms. The molecule has 0 aliphatic rings. The zero-order chi connectivity index (χ0) is 14.9. The maximum Gasteiger partial charge on any atom is 0.212 e. The van der Waals surface area contributed by atoms with E-state index in [-0.39, 0.29) is 5.78 Å². The number of carbonyl (C=O) groups excluding carboxylic acids is 1. The topological polar surface area (TPSA) is 34.9 Å². The van der Waals surface area contributed by atoms with Crippen molar-refractivity contribution in [2.75, 3.05) is 0 Å². The number of ketones is 1. The third kappa shape index (κ3) is 2.05. The number of hydrogen-bond donors (Lipinski definition) is 0. The Morgan fingerprint density at radius 3 is 2.50 bits per heavy atom. The van der Waals surface area contributed by atoms with Gasteiger partial charge < -0.3 is 0 Å². The van der Waals surface area contributed by atoms with Gasteiger partial charge >= 0.3 is 0 Å². The first-order valence-corrected chi connectivity index (χ1v) is 7.89. The summed E-state index contributed by atoms with van der Waals surface area (Å²) in [5.41, 5.74) is 3.02. The van der Waals surface area contributed by atoms with E-state index in [4.69, 9.17) is 0 Å². The number of hydrogen-bond acceptors (Lipinski definition) is 3. The summed E-state index contributed by atoms with van der Waals surface area (Å²) in [5, 5.41) is 9.28. The zero-order valence-electron chi connectivity index (χ0n) is 11.6. The van der Waals surface area contributed by atoms with E-state index in [2.05, 4.69) is 5.10 Å². The van der Waals surface area contributed by atoms with Gasteiger partial charge in [0.15, 0.2) is 0 Å². The van der Waals surface area contributed by atoms with Gasteiger partial charge in [-0.05, 0) is 29.6 Å². The monoisotopic (exact) mass is 304 g/mol. The lowest BCUT2D eigenvalue weighted by molar-refractivity contribution is 0.103. The molecule has 0 N–H and O–H groups in total. The van der Waals surface area contributed by atoms with Gasteiger partial charge in [-0.25, -0.2) is 4.68 Å². The Balaban J connectivity index is 2.01. The quantitative estimate of drug-likeness (QED) is 0.528. The van der Waals surface area contributed by atoms with E-state index < -0.39 is 0 Å². The van der Waals surface area contributed by atoms with Crippen molar-refractivity contribution in [3.63, 3.8) is 0 Å². The first-order valence-electron chi connectivity index (χ1n) is 6.95. The lowest BCUT2D eigenvalue weighted by atomic mass is 10.1. The van der Waals surface area contributed by atoms with Crippen LogP contribution in [0.1, 0.15) is 16.1 Å². The highest BCUT2D eigenvalue weighted by Gasteiger charge is 2.20. The number of benzene rings is 2. The molecule has 0 amide bonds. The fourth-order valence-electron chi connectivity index (χ4n) is 2.54. The molecule has 4 aromatic rings. The molecule has 0 saturated carbocycles. The third-order valence-corrected chi connectivity index (χ3v) is 4.26. The first-order chi connectivity index (χ1) is 10.8. The van der Waals surface area contributed by atoms with Crippen molar-refractivity contribution in [2.24, 2.45) is 0 Å². The van der Waals surface area contributed by atoms with Gasteiger partial charge in [0.05, 0.1) is 11.2 Å². The average molecular weight is 304 g/mol. The van der Waals surface area contributed by atoms with Gasteiger partial charge in [0.2, 0.25) is 5.78 Å². The Labute approximate surface area is 131 Å². The van der Waals surface area contributed by atoms with Crippen molar-refractivity contribution >= 4 is 28.0 Å². The molecule has 106 valence electrons. The summed E-state index contributed by atoms with van der Waals surface area (Å²) in [5.74, 6) is -0.00111. The van der Waals surface area contributed by atoms with Crippen molar-refractivity contribution < 1.29 is 4.79 Å². The molecule has 0 fully saturated rings. The molecule has 0 spiro atoms. The standard InChI is InChI=1S/C18H12N2OS/c21-18(13-10-11-22-12-13)17-15-8-4-5-9-16(15)19-20(17)14-6-2-1-3-7-14/h1-12H. The molecular weight excluding hydrogens is 292 g/mol. The van der Waals surface area contributed by atoms with Crippen LogP contribution < -0.4 is 0 Å². The number of carbonyl (C=O) groups is 1. The molecule has 4 heteroatoms. The molecular formula is C18H12N2OS. The van der Waals surface area contributed by atoms with Gasteiger partial charge in [-0.1, -0.05) is 36.4 Å². The van der Waals surface area contributed by atoms with E-state index in [0.29, 0.717) is 11.3 Å². The molecule has 0 aliphatic carbocycles. The largest absolute Gasteiger partial charge is 0.287 e. The minimum atomic E-state index is -0.00111. The Bertz CT molecular complexity index is 940. The smallest absolute Gasteiger partial charge is 0.212 e. The Kier molecular flexibility index (Phi) is 3.09. The van der Waals surface area contributed by atoms with Gasteiger partial charge in [-0.3, -0.25) is 4.79 Å². The summed E-state index contributed by atoms with van der Waals surface area (Å²) in [6, 6.07) is 19.3. The molecule has 3 nitrogen and oxygen atoms in total. The molecule has 0 saturated heterocycles. The minimum Gasteiger partial charge on any atom is -0.287 e. The second kappa shape index (κ2) is 5.24.